The standard InChI is InChI=1S/C13H17N3O4/c1-2-6-13(12(17)18)7-3-8-15(13)10-4-5-11(14-9-10)16(19)20/h4-5,9H,2-3,6-8H2,1H3,(H,17,18). The van der Waals surface area contributed by atoms with Crippen LogP contribution in [0, 0.1) is 10.1 Å². The molecule has 2 rings (SSSR count). The lowest BCUT2D eigenvalue weighted by atomic mass is 9.90. The highest BCUT2D eigenvalue weighted by Gasteiger charge is 2.47. The zero-order valence-electron chi connectivity index (χ0n) is 11.3. The van der Waals surface area contributed by atoms with E-state index in [1.165, 1.54) is 12.3 Å². The fourth-order valence-electron chi connectivity index (χ4n) is 2.90. The summed E-state index contributed by atoms with van der Waals surface area (Å²) in [7, 11) is 0. The maximum Gasteiger partial charge on any atom is 0.363 e. The summed E-state index contributed by atoms with van der Waals surface area (Å²) in [6, 6.07) is 2.88. The van der Waals surface area contributed by atoms with Gasteiger partial charge in [-0.1, -0.05) is 13.3 Å². The van der Waals surface area contributed by atoms with Gasteiger partial charge in [0.1, 0.15) is 5.54 Å². The molecule has 0 spiro atoms. The number of pyridine rings is 1. The molecule has 1 aliphatic rings. The highest BCUT2D eigenvalue weighted by atomic mass is 16.6. The molecule has 0 aromatic carbocycles. The number of aromatic nitrogens is 1. The van der Waals surface area contributed by atoms with E-state index >= 15 is 0 Å². The van der Waals surface area contributed by atoms with Gasteiger partial charge in [-0.3, -0.25) is 0 Å². The number of anilines is 1. The van der Waals surface area contributed by atoms with Gasteiger partial charge in [0.15, 0.2) is 6.20 Å². The van der Waals surface area contributed by atoms with Crippen molar-refractivity contribution in [3.63, 3.8) is 0 Å². The fourth-order valence-corrected chi connectivity index (χ4v) is 2.90. The van der Waals surface area contributed by atoms with Crippen molar-refractivity contribution in [3.05, 3.63) is 28.4 Å². The summed E-state index contributed by atoms with van der Waals surface area (Å²) >= 11 is 0. The molecule has 0 aliphatic carbocycles. The molecule has 7 heteroatoms. The van der Waals surface area contributed by atoms with Crippen LogP contribution < -0.4 is 4.90 Å². The molecule has 1 unspecified atom stereocenters. The average Bonchev–Trinajstić information content (AvgIpc) is 2.84. The molecule has 108 valence electrons. The number of hydrogen-bond acceptors (Lipinski definition) is 5. The van der Waals surface area contributed by atoms with Crippen molar-refractivity contribution in [2.45, 2.75) is 38.1 Å². The Labute approximate surface area is 116 Å². The number of carboxylic acid groups (broad SMARTS) is 1. The first kappa shape index (κ1) is 14.2. The highest BCUT2D eigenvalue weighted by molar-refractivity contribution is 5.84. The summed E-state index contributed by atoms with van der Waals surface area (Å²) in [4.78, 5) is 27.3. The second kappa shape index (κ2) is 5.44. The van der Waals surface area contributed by atoms with E-state index in [-0.39, 0.29) is 5.82 Å². The predicted octanol–water partition coefficient (Wildman–Crippen LogP) is 2.21. The van der Waals surface area contributed by atoms with Crippen molar-refractivity contribution in [1.82, 2.24) is 4.98 Å². The van der Waals surface area contributed by atoms with E-state index in [1.54, 1.807) is 6.07 Å². The molecule has 0 saturated carbocycles. The first-order chi connectivity index (χ1) is 9.51. The van der Waals surface area contributed by atoms with Crippen LogP contribution in [0.4, 0.5) is 11.5 Å². The van der Waals surface area contributed by atoms with Crippen LogP contribution in [0.2, 0.25) is 0 Å². The molecule has 7 nitrogen and oxygen atoms in total. The van der Waals surface area contributed by atoms with Crippen LogP contribution in [-0.2, 0) is 4.79 Å². The number of carbonyl (C=O) groups is 1. The number of carboxylic acids is 1. The zero-order valence-corrected chi connectivity index (χ0v) is 11.3. The Morgan fingerprint density at radius 3 is 2.85 bits per heavy atom. The van der Waals surface area contributed by atoms with Gasteiger partial charge in [-0.15, -0.1) is 0 Å². The quantitative estimate of drug-likeness (QED) is 0.655. The summed E-state index contributed by atoms with van der Waals surface area (Å²) in [5.41, 5.74) is -0.281. The smallest absolute Gasteiger partial charge is 0.363 e. The van der Waals surface area contributed by atoms with E-state index in [1.807, 2.05) is 11.8 Å². The predicted molar refractivity (Wildman–Crippen MR) is 72.7 cm³/mol. The average molecular weight is 279 g/mol. The Bertz CT molecular complexity index is 517. The minimum atomic E-state index is -0.910. The van der Waals surface area contributed by atoms with Crippen LogP contribution in [-0.4, -0.2) is 33.1 Å². The van der Waals surface area contributed by atoms with Crippen LogP contribution in [0.15, 0.2) is 18.3 Å². The van der Waals surface area contributed by atoms with Gasteiger partial charge in [-0.05, 0) is 35.2 Å². The molecule has 1 saturated heterocycles. The number of aliphatic carboxylic acids is 1. The Morgan fingerprint density at radius 1 is 1.60 bits per heavy atom. The fraction of sp³-hybridized carbons (Fsp3) is 0.538. The Balaban J connectivity index is 2.34. The van der Waals surface area contributed by atoms with E-state index in [0.29, 0.717) is 25.1 Å². The normalized spacial score (nSPS) is 21.9. The van der Waals surface area contributed by atoms with Crippen molar-refractivity contribution in [3.8, 4) is 0 Å². The molecule has 1 aromatic heterocycles. The Morgan fingerprint density at radius 2 is 2.35 bits per heavy atom. The van der Waals surface area contributed by atoms with Gasteiger partial charge in [0.2, 0.25) is 0 Å². The number of nitro groups is 1. The SMILES string of the molecule is CCCC1(C(=O)O)CCCN1c1ccc([N+](=O)[O-])nc1. The molecule has 1 atom stereocenters. The largest absolute Gasteiger partial charge is 0.479 e. The summed E-state index contributed by atoms with van der Waals surface area (Å²) in [5.74, 6) is -1.07. The van der Waals surface area contributed by atoms with Gasteiger partial charge < -0.3 is 20.1 Å². The maximum absolute atomic E-state index is 11.7. The first-order valence-electron chi connectivity index (χ1n) is 6.63. The van der Waals surface area contributed by atoms with Crippen LogP contribution >= 0.6 is 0 Å². The van der Waals surface area contributed by atoms with Crippen molar-refractivity contribution < 1.29 is 14.8 Å². The lowest BCUT2D eigenvalue weighted by Gasteiger charge is -2.35. The van der Waals surface area contributed by atoms with E-state index in [0.717, 1.165) is 12.8 Å². The lowest BCUT2D eigenvalue weighted by molar-refractivity contribution is -0.389. The van der Waals surface area contributed by atoms with Crippen molar-refractivity contribution in [2.75, 3.05) is 11.4 Å². The van der Waals surface area contributed by atoms with Gasteiger partial charge in [0.05, 0.1) is 5.69 Å². The van der Waals surface area contributed by atoms with Crippen LogP contribution in [0.1, 0.15) is 32.6 Å². The van der Waals surface area contributed by atoms with Crippen molar-refractivity contribution in [1.29, 1.82) is 0 Å². The number of rotatable bonds is 5. The molecule has 0 bridgehead atoms. The van der Waals surface area contributed by atoms with Gasteiger partial charge in [-0.25, -0.2) is 4.79 Å². The molecule has 0 radical (unpaired) electrons. The molecule has 1 fully saturated rings. The number of hydrogen-bond donors (Lipinski definition) is 1. The molecular formula is C13H17N3O4. The maximum atomic E-state index is 11.7. The molecule has 20 heavy (non-hydrogen) atoms. The van der Waals surface area contributed by atoms with Crippen molar-refractivity contribution >= 4 is 17.5 Å². The molecule has 2 heterocycles. The number of nitrogens with zero attached hydrogens (tertiary/aromatic N) is 3. The molecule has 1 N–H and O–H groups in total. The summed E-state index contributed by atoms with van der Waals surface area (Å²) in [6.45, 7) is 2.58. The topological polar surface area (TPSA) is 96.6 Å². The molecule has 0 amide bonds. The third-order valence-corrected chi connectivity index (χ3v) is 3.78. The third kappa shape index (κ3) is 2.31. The minimum Gasteiger partial charge on any atom is -0.479 e. The van der Waals surface area contributed by atoms with Crippen LogP contribution in [0.3, 0.4) is 0 Å². The van der Waals surface area contributed by atoms with E-state index in [9.17, 15) is 20.0 Å². The lowest BCUT2D eigenvalue weighted by Crippen LogP contribution is -2.50. The second-order valence-electron chi connectivity index (χ2n) is 4.97. The summed E-state index contributed by atoms with van der Waals surface area (Å²) in [6.07, 6.45) is 4.09. The van der Waals surface area contributed by atoms with E-state index in [2.05, 4.69) is 4.98 Å². The van der Waals surface area contributed by atoms with E-state index in [4.69, 9.17) is 0 Å². The zero-order chi connectivity index (χ0) is 14.8. The summed E-state index contributed by atoms with van der Waals surface area (Å²) in [5, 5.41) is 20.2. The van der Waals surface area contributed by atoms with Gasteiger partial charge >= 0.3 is 11.8 Å². The molecule has 1 aromatic rings. The van der Waals surface area contributed by atoms with Crippen LogP contribution in [0.5, 0.6) is 0 Å². The molecular weight excluding hydrogens is 262 g/mol. The second-order valence-corrected chi connectivity index (χ2v) is 4.97. The Kier molecular flexibility index (Phi) is 3.87. The highest BCUT2D eigenvalue weighted by Crippen LogP contribution is 2.37. The minimum absolute atomic E-state index is 0.232. The first-order valence-corrected chi connectivity index (χ1v) is 6.63. The van der Waals surface area contributed by atoms with Gasteiger partial charge in [0.25, 0.3) is 0 Å². The molecule has 1 aliphatic heterocycles. The summed E-state index contributed by atoms with van der Waals surface area (Å²) < 4.78 is 0. The van der Waals surface area contributed by atoms with Gasteiger partial charge in [-0.2, -0.15) is 0 Å². The Hall–Kier alpha value is -2.18. The third-order valence-electron chi connectivity index (χ3n) is 3.78. The van der Waals surface area contributed by atoms with E-state index < -0.39 is 16.4 Å². The van der Waals surface area contributed by atoms with Crippen molar-refractivity contribution in [2.24, 2.45) is 0 Å². The van der Waals surface area contributed by atoms with Crippen LogP contribution in [0.25, 0.3) is 0 Å². The van der Waals surface area contributed by atoms with Gasteiger partial charge in [0, 0.05) is 12.6 Å². The monoisotopic (exact) mass is 279 g/mol.